The van der Waals surface area contributed by atoms with E-state index in [-0.39, 0.29) is 5.97 Å². The molecule has 1 heterocycles. The molecule has 0 saturated heterocycles. The number of fused-ring (bicyclic) bond motifs is 1. The van der Waals surface area contributed by atoms with Crippen LogP contribution in [0, 0.1) is 0 Å². The quantitative estimate of drug-likeness (QED) is 0.623. The van der Waals surface area contributed by atoms with Crippen LogP contribution in [0.3, 0.4) is 0 Å². The molecule has 0 saturated carbocycles. The number of carbonyl (C=O) groups excluding carboxylic acids is 1. The maximum Gasteiger partial charge on any atom is 0.330 e. The summed E-state index contributed by atoms with van der Waals surface area (Å²) >= 11 is 0. The van der Waals surface area contributed by atoms with Gasteiger partial charge in [-0.1, -0.05) is 24.3 Å². The van der Waals surface area contributed by atoms with E-state index in [4.69, 9.17) is 4.74 Å². The lowest BCUT2D eigenvalue weighted by molar-refractivity contribution is -0.134. The van der Waals surface area contributed by atoms with E-state index in [2.05, 4.69) is 42.3 Å². The average Bonchev–Trinajstić information content (AvgIpc) is 2.61. The van der Waals surface area contributed by atoms with Gasteiger partial charge in [0.1, 0.15) is 0 Å². The summed E-state index contributed by atoms with van der Waals surface area (Å²) in [6.07, 6.45) is 3.86. The van der Waals surface area contributed by atoms with Gasteiger partial charge >= 0.3 is 5.97 Å². The highest BCUT2D eigenvalue weighted by molar-refractivity contribution is 5.91. The summed E-state index contributed by atoms with van der Waals surface area (Å²) in [6, 6.07) is 15.0. The smallest absolute Gasteiger partial charge is 0.330 e. The highest BCUT2D eigenvalue weighted by Crippen LogP contribution is 2.31. The first-order valence-corrected chi connectivity index (χ1v) is 8.29. The number of allylic oxidation sites excluding steroid dienone is 1. The molecule has 24 heavy (non-hydrogen) atoms. The van der Waals surface area contributed by atoms with Crippen molar-refractivity contribution in [1.82, 2.24) is 0 Å². The minimum absolute atomic E-state index is 0.324. The highest BCUT2D eigenvalue weighted by atomic mass is 16.5. The van der Waals surface area contributed by atoms with Gasteiger partial charge in [-0.3, -0.25) is 0 Å². The minimum atomic E-state index is -0.324. The molecule has 2 aromatic rings. The molecule has 0 unspecified atom stereocenters. The zero-order chi connectivity index (χ0) is 17.1. The van der Waals surface area contributed by atoms with Crippen molar-refractivity contribution >= 4 is 17.2 Å². The molecule has 3 nitrogen and oxygen atoms in total. The fourth-order valence-corrected chi connectivity index (χ4v) is 3.23. The van der Waals surface area contributed by atoms with Crippen molar-refractivity contribution in [2.24, 2.45) is 0 Å². The molecule has 3 rings (SSSR count). The Labute approximate surface area is 143 Å². The molecule has 0 bridgehead atoms. The van der Waals surface area contributed by atoms with Gasteiger partial charge in [0.05, 0.1) is 7.11 Å². The predicted octanol–water partition coefficient (Wildman–Crippen LogP) is 4.31. The van der Waals surface area contributed by atoms with Crippen LogP contribution in [0.4, 0.5) is 5.69 Å². The summed E-state index contributed by atoms with van der Waals surface area (Å²) in [5, 5.41) is 0. The van der Waals surface area contributed by atoms with E-state index in [9.17, 15) is 4.79 Å². The van der Waals surface area contributed by atoms with Crippen molar-refractivity contribution in [1.29, 1.82) is 0 Å². The van der Waals surface area contributed by atoms with Crippen molar-refractivity contribution in [3.63, 3.8) is 0 Å². The number of carbonyl (C=O) groups is 1. The topological polar surface area (TPSA) is 29.5 Å². The standard InChI is InChI=1S/C21H23NO2/c1-15(12-21(23)24-3)16-6-4-7-17(13-16)18-9-10-20-19(14-18)8-5-11-22(20)2/h4,6-7,9-10,12-14H,5,8,11H2,1-3H3/b15-12+. The average molecular weight is 321 g/mol. The first-order chi connectivity index (χ1) is 11.6. The summed E-state index contributed by atoms with van der Waals surface area (Å²) < 4.78 is 4.71. The zero-order valence-electron chi connectivity index (χ0n) is 14.5. The second-order valence-electron chi connectivity index (χ2n) is 6.30. The molecule has 1 aliphatic rings. The third kappa shape index (κ3) is 3.35. The molecule has 0 spiro atoms. The Bertz CT molecular complexity index is 792. The van der Waals surface area contributed by atoms with Crippen LogP contribution in [0.1, 0.15) is 24.5 Å². The van der Waals surface area contributed by atoms with Gasteiger partial charge in [0.15, 0.2) is 0 Å². The molecular weight excluding hydrogens is 298 g/mol. The van der Waals surface area contributed by atoms with Crippen LogP contribution < -0.4 is 4.90 Å². The third-order valence-corrected chi connectivity index (χ3v) is 4.62. The number of hydrogen-bond donors (Lipinski definition) is 0. The van der Waals surface area contributed by atoms with Gasteiger partial charge < -0.3 is 9.64 Å². The maximum atomic E-state index is 11.4. The fourth-order valence-electron chi connectivity index (χ4n) is 3.23. The monoisotopic (exact) mass is 321 g/mol. The van der Waals surface area contributed by atoms with E-state index >= 15 is 0 Å². The summed E-state index contributed by atoms with van der Waals surface area (Å²) in [5.41, 5.74) is 7.07. The molecule has 0 fully saturated rings. The van der Waals surface area contributed by atoms with Gasteiger partial charge in [-0.05, 0) is 65.8 Å². The van der Waals surface area contributed by atoms with Gasteiger partial charge in [0, 0.05) is 25.4 Å². The van der Waals surface area contributed by atoms with Gasteiger partial charge in [-0.25, -0.2) is 4.79 Å². The van der Waals surface area contributed by atoms with Crippen molar-refractivity contribution < 1.29 is 9.53 Å². The SMILES string of the molecule is COC(=O)/C=C(\C)c1cccc(-c2ccc3c(c2)CCCN3C)c1. The van der Waals surface area contributed by atoms with E-state index in [0.717, 1.165) is 24.1 Å². The molecule has 0 amide bonds. The molecule has 3 heteroatoms. The Hall–Kier alpha value is -2.55. The number of nitrogens with zero attached hydrogens (tertiary/aromatic N) is 1. The number of aryl methyl sites for hydroxylation is 1. The number of benzene rings is 2. The Morgan fingerprint density at radius 1 is 1.17 bits per heavy atom. The number of rotatable bonds is 3. The molecule has 1 aliphatic heterocycles. The molecule has 0 aliphatic carbocycles. The third-order valence-electron chi connectivity index (χ3n) is 4.62. The lowest BCUT2D eigenvalue weighted by atomic mass is 9.95. The Morgan fingerprint density at radius 2 is 1.96 bits per heavy atom. The van der Waals surface area contributed by atoms with Crippen LogP contribution in [0.5, 0.6) is 0 Å². The van der Waals surface area contributed by atoms with Crippen molar-refractivity contribution in [3.8, 4) is 11.1 Å². The number of anilines is 1. The summed E-state index contributed by atoms with van der Waals surface area (Å²) in [5.74, 6) is -0.324. The molecular formula is C21H23NO2. The summed E-state index contributed by atoms with van der Waals surface area (Å²) in [4.78, 5) is 13.8. The van der Waals surface area contributed by atoms with Gasteiger partial charge in [0.2, 0.25) is 0 Å². The van der Waals surface area contributed by atoms with E-state index in [0.29, 0.717) is 0 Å². The van der Waals surface area contributed by atoms with E-state index in [1.807, 2.05) is 19.1 Å². The van der Waals surface area contributed by atoms with Gasteiger partial charge in [0.25, 0.3) is 0 Å². The maximum absolute atomic E-state index is 11.4. The Morgan fingerprint density at radius 3 is 2.75 bits per heavy atom. The summed E-state index contributed by atoms with van der Waals surface area (Å²) in [6.45, 7) is 3.05. The lowest BCUT2D eigenvalue weighted by Crippen LogP contribution is -2.24. The summed E-state index contributed by atoms with van der Waals surface area (Å²) in [7, 11) is 3.55. The van der Waals surface area contributed by atoms with Crippen LogP contribution >= 0.6 is 0 Å². The van der Waals surface area contributed by atoms with Crippen molar-refractivity contribution in [3.05, 3.63) is 59.7 Å². The highest BCUT2D eigenvalue weighted by Gasteiger charge is 2.14. The zero-order valence-corrected chi connectivity index (χ0v) is 14.5. The number of hydrogen-bond acceptors (Lipinski definition) is 3. The first-order valence-electron chi connectivity index (χ1n) is 8.29. The largest absolute Gasteiger partial charge is 0.466 e. The van der Waals surface area contributed by atoms with E-state index < -0.39 is 0 Å². The van der Waals surface area contributed by atoms with Gasteiger partial charge in [-0.15, -0.1) is 0 Å². The Balaban J connectivity index is 1.95. The number of methoxy groups -OCH3 is 1. The lowest BCUT2D eigenvalue weighted by Gasteiger charge is -2.27. The second kappa shape index (κ2) is 6.91. The number of esters is 1. The fraction of sp³-hybridized carbons (Fsp3) is 0.286. The van der Waals surface area contributed by atoms with E-state index in [1.54, 1.807) is 0 Å². The van der Waals surface area contributed by atoms with Crippen LogP contribution in [0.15, 0.2) is 48.5 Å². The van der Waals surface area contributed by atoms with Crippen LogP contribution in [0.2, 0.25) is 0 Å². The molecule has 0 radical (unpaired) electrons. The predicted molar refractivity (Wildman–Crippen MR) is 99.1 cm³/mol. The van der Waals surface area contributed by atoms with Gasteiger partial charge in [-0.2, -0.15) is 0 Å². The van der Waals surface area contributed by atoms with Crippen LogP contribution in [-0.4, -0.2) is 26.7 Å². The normalized spacial score (nSPS) is 14.3. The molecule has 0 atom stereocenters. The molecule has 124 valence electrons. The molecule has 0 aromatic heterocycles. The minimum Gasteiger partial charge on any atom is -0.466 e. The van der Waals surface area contributed by atoms with Crippen molar-refractivity contribution in [2.45, 2.75) is 19.8 Å². The molecule has 0 N–H and O–H groups in total. The first kappa shape index (κ1) is 16.3. The van der Waals surface area contributed by atoms with E-state index in [1.165, 1.54) is 42.0 Å². The van der Waals surface area contributed by atoms with Crippen LogP contribution in [-0.2, 0) is 16.0 Å². The van der Waals surface area contributed by atoms with Crippen molar-refractivity contribution in [2.75, 3.05) is 25.6 Å². The second-order valence-corrected chi connectivity index (χ2v) is 6.30. The molecule has 2 aromatic carbocycles. The Kier molecular flexibility index (Phi) is 4.70. The van der Waals surface area contributed by atoms with Crippen LogP contribution in [0.25, 0.3) is 16.7 Å². The number of ether oxygens (including phenoxy) is 1.